The maximum absolute atomic E-state index is 12.3. The third-order valence-corrected chi connectivity index (χ3v) is 7.32. The van der Waals surface area contributed by atoms with E-state index in [1.54, 1.807) is 18.2 Å². The molecular weight excluding hydrogens is 434 g/mol. The Kier molecular flexibility index (Phi) is 4.95. The number of aromatic nitrogens is 1. The number of ether oxygens (including phenoxy) is 2. The summed E-state index contributed by atoms with van der Waals surface area (Å²) >= 11 is 0. The number of benzene rings is 2. The molecule has 0 spiro atoms. The van der Waals surface area contributed by atoms with Crippen LogP contribution in [0.25, 0.3) is 28.2 Å². The average molecular weight is 459 g/mol. The Hall–Kier alpha value is -3.58. The van der Waals surface area contributed by atoms with Gasteiger partial charge in [-0.25, -0.2) is 4.79 Å². The number of carbonyl (C=O) groups excluding carboxylic acids is 1. The Balaban J connectivity index is 1.69. The van der Waals surface area contributed by atoms with E-state index in [4.69, 9.17) is 9.47 Å². The summed E-state index contributed by atoms with van der Waals surface area (Å²) in [4.78, 5) is 24.5. The van der Waals surface area contributed by atoms with Crippen molar-refractivity contribution >= 4 is 28.7 Å². The highest BCUT2D eigenvalue weighted by Gasteiger charge is 2.31. The lowest BCUT2D eigenvalue weighted by Gasteiger charge is -2.24. The van der Waals surface area contributed by atoms with Gasteiger partial charge in [0, 0.05) is 22.0 Å². The second-order valence-electron chi connectivity index (χ2n) is 9.26. The predicted octanol–water partition coefficient (Wildman–Crippen LogP) is 4.74. The van der Waals surface area contributed by atoms with Gasteiger partial charge in [0.1, 0.15) is 6.61 Å². The number of hydrogen-bond acceptors (Lipinski definition) is 5. The van der Waals surface area contributed by atoms with Gasteiger partial charge in [0.25, 0.3) is 0 Å². The summed E-state index contributed by atoms with van der Waals surface area (Å²) in [5, 5.41) is 20.4. The van der Waals surface area contributed by atoms with Crippen LogP contribution < -0.4 is 9.47 Å². The Bertz CT molecular complexity index is 1380. The minimum atomic E-state index is -0.986. The zero-order valence-corrected chi connectivity index (χ0v) is 18.7. The van der Waals surface area contributed by atoms with E-state index >= 15 is 0 Å². The molecule has 0 saturated heterocycles. The first-order valence-electron chi connectivity index (χ1n) is 11.7. The molecule has 2 aromatic carbocycles. The van der Waals surface area contributed by atoms with Crippen molar-refractivity contribution in [3.8, 4) is 22.8 Å². The molecule has 0 bridgehead atoms. The number of aliphatic hydroxyl groups is 1. The second kappa shape index (κ2) is 8.02. The van der Waals surface area contributed by atoms with Gasteiger partial charge in [-0.2, -0.15) is 0 Å². The SMILES string of the molecule is O=C(O)C1=Cc2cc3c(cc2-c2c(C4CCCCC4)c4ccc(C(=O)CO)cc4n2C1)OCO3. The normalized spacial score (nSPS) is 17.1. The zero-order valence-electron chi connectivity index (χ0n) is 18.7. The maximum Gasteiger partial charge on any atom is 0.333 e. The lowest BCUT2D eigenvalue weighted by Crippen LogP contribution is -2.10. The van der Waals surface area contributed by atoms with Gasteiger partial charge in [0.05, 0.1) is 17.8 Å². The largest absolute Gasteiger partial charge is 0.478 e. The molecule has 1 saturated carbocycles. The first-order valence-corrected chi connectivity index (χ1v) is 11.7. The molecule has 3 aliphatic rings. The molecule has 3 aromatic rings. The Morgan fingerprint density at radius 1 is 1.03 bits per heavy atom. The standard InChI is InChI=1S/C27H25NO6/c29-13-22(30)16-6-7-19-21(9-16)28-12-18(27(31)32)8-17-10-23-24(34-14-33-23)11-20(17)26(28)25(19)15-4-2-1-3-5-15/h6-11,15,29H,1-5,12-14H2,(H,31,32). The van der Waals surface area contributed by atoms with Crippen molar-refractivity contribution in [3.05, 3.63) is 52.6 Å². The maximum atomic E-state index is 12.3. The topological polar surface area (TPSA) is 98.0 Å². The number of aliphatic carboxylic acids is 1. The van der Waals surface area contributed by atoms with Crippen molar-refractivity contribution in [3.63, 3.8) is 0 Å². The van der Waals surface area contributed by atoms with Crippen LogP contribution in [0.2, 0.25) is 0 Å². The number of hydrogen-bond donors (Lipinski definition) is 2. The molecule has 0 unspecified atom stereocenters. The number of rotatable bonds is 4. The van der Waals surface area contributed by atoms with E-state index in [9.17, 15) is 19.8 Å². The van der Waals surface area contributed by atoms with Gasteiger partial charge in [0.15, 0.2) is 17.3 Å². The fourth-order valence-corrected chi connectivity index (χ4v) is 5.72. The Labute approximate surface area is 196 Å². The van der Waals surface area contributed by atoms with Crippen LogP contribution in [0, 0.1) is 0 Å². The van der Waals surface area contributed by atoms with E-state index in [0.717, 1.165) is 53.4 Å². The van der Waals surface area contributed by atoms with Crippen LogP contribution in [0.4, 0.5) is 0 Å². The molecule has 1 aliphatic carbocycles. The first kappa shape index (κ1) is 21.0. The van der Waals surface area contributed by atoms with Crippen LogP contribution in [0.3, 0.4) is 0 Å². The van der Waals surface area contributed by atoms with Gasteiger partial charge in [0.2, 0.25) is 6.79 Å². The van der Waals surface area contributed by atoms with Gasteiger partial charge in [-0.15, -0.1) is 0 Å². The van der Waals surface area contributed by atoms with Crippen LogP contribution in [0.1, 0.15) is 59.5 Å². The number of Topliss-reactive ketones (excluding diaryl/α,β-unsaturated/α-hetero) is 1. The van der Waals surface area contributed by atoms with E-state index < -0.39 is 12.6 Å². The quantitative estimate of drug-likeness (QED) is 0.547. The van der Waals surface area contributed by atoms with Gasteiger partial charge in [-0.1, -0.05) is 31.4 Å². The van der Waals surface area contributed by atoms with E-state index in [1.807, 2.05) is 22.8 Å². The molecule has 0 amide bonds. The fourth-order valence-electron chi connectivity index (χ4n) is 5.72. The highest BCUT2D eigenvalue weighted by atomic mass is 16.7. The summed E-state index contributed by atoms with van der Waals surface area (Å²) in [6.07, 6.45) is 7.39. The molecular formula is C27H25NO6. The number of ketones is 1. The summed E-state index contributed by atoms with van der Waals surface area (Å²) in [5.41, 5.74) is 5.37. The summed E-state index contributed by atoms with van der Waals surface area (Å²) in [7, 11) is 0. The van der Waals surface area contributed by atoms with Crippen LogP contribution >= 0.6 is 0 Å². The average Bonchev–Trinajstić information content (AvgIpc) is 3.39. The van der Waals surface area contributed by atoms with Crippen molar-refractivity contribution in [1.29, 1.82) is 0 Å². The number of nitrogens with zero attached hydrogens (tertiary/aromatic N) is 1. The summed E-state index contributed by atoms with van der Waals surface area (Å²) in [5.74, 6) is 0.257. The van der Waals surface area contributed by atoms with Gasteiger partial charge in [-0.3, -0.25) is 4.79 Å². The van der Waals surface area contributed by atoms with Gasteiger partial charge < -0.3 is 24.3 Å². The molecule has 1 aromatic heterocycles. The molecule has 2 aliphatic heterocycles. The molecule has 7 heteroatoms. The van der Waals surface area contributed by atoms with E-state index in [1.165, 1.54) is 12.0 Å². The minimum Gasteiger partial charge on any atom is -0.478 e. The van der Waals surface area contributed by atoms with Gasteiger partial charge >= 0.3 is 5.97 Å². The van der Waals surface area contributed by atoms with Gasteiger partial charge in [-0.05, 0) is 54.2 Å². The van der Waals surface area contributed by atoms with Crippen molar-refractivity contribution in [1.82, 2.24) is 4.57 Å². The van der Waals surface area contributed by atoms with E-state index in [0.29, 0.717) is 23.0 Å². The van der Waals surface area contributed by atoms with Crippen LogP contribution in [-0.4, -0.2) is 39.9 Å². The summed E-state index contributed by atoms with van der Waals surface area (Å²) in [6.45, 7) is -0.258. The van der Waals surface area contributed by atoms with Crippen molar-refractivity contribution in [2.24, 2.45) is 0 Å². The monoisotopic (exact) mass is 459 g/mol. The van der Waals surface area contributed by atoms with Crippen molar-refractivity contribution in [2.75, 3.05) is 13.4 Å². The predicted molar refractivity (Wildman–Crippen MR) is 126 cm³/mol. The number of aliphatic hydroxyl groups excluding tert-OH is 1. The smallest absolute Gasteiger partial charge is 0.333 e. The number of carbonyl (C=O) groups is 2. The highest BCUT2D eigenvalue weighted by molar-refractivity contribution is 6.04. The van der Waals surface area contributed by atoms with Crippen LogP contribution in [-0.2, 0) is 11.3 Å². The first-order chi connectivity index (χ1) is 16.5. The molecule has 6 rings (SSSR count). The number of carboxylic acids is 1. The van der Waals surface area contributed by atoms with Crippen molar-refractivity contribution in [2.45, 2.75) is 44.6 Å². The fraction of sp³-hybridized carbons (Fsp3) is 0.333. The molecule has 0 radical (unpaired) electrons. The third kappa shape index (κ3) is 3.22. The Morgan fingerprint density at radius 3 is 2.53 bits per heavy atom. The molecule has 174 valence electrons. The second-order valence-corrected chi connectivity index (χ2v) is 9.26. The molecule has 1 fully saturated rings. The molecule has 3 heterocycles. The molecule has 7 nitrogen and oxygen atoms in total. The molecule has 34 heavy (non-hydrogen) atoms. The zero-order chi connectivity index (χ0) is 23.4. The molecule has 2 N–H and O–H groups in total. The van der Waals surface area contributed by atoms with E-state index in [-0.39, 0.29) is 24.7 Å². The van der Waals surface area contributed by atoms with Crippen molar-refractivity contribution < 1.29 is 29.3 Å². The van der Waals surface area contributed by atoms with Crippen LogP contribution in [0.15, 0.2) is 35.9 Å². The number of fused-ring (bicyclic) bond motifs is 6. The minimum absolute atomic E-state index is 0.138. The lowest BCUT2D eigenvalue weighted by atomic mass is 9.81. The van der Waals surface area contributed by atoms with E-state index in [2.05, 4.69) is 0 Å². The lowest BCUT2D eigenvalue weighted by molar-refractivity contribution is -0.132. The summed E-state index contributed by atoms with van der Waals surface area (Å²) in [6, 6.07) is 9.33. The highest BCUT2D eigenvalue weighted by Crippen LogP contribution is 2.49. The number of carboxylic acid groups (broad SMARTS) is 1. The molecule has 0 atom stereocenters. The van der Waals surface area contributed by atoms with Crippen LogP contribution in [0.5, 0.6) is 11.5 Å². The third-order valence-electron chi connectivity index (χ3n) is 7.32. The Morgan fingerprint density at radius 2 is 1.79 bits per heavy atom. The summed E-state index contributed by atoms with van der Waals surface area (Å²) < 4.78 is 13.3.